The van der Waals surface area contributed by atoms with Crippen molar-refractivity contribution in [3.63, 3.8) is 0 Å². The van der Waals surface area contributed by atoms with E-state index >= 15 is 0 Å². The Morgan fingerprint density at radius 3 is 2.85 bits per heavy atom. The van der Waals surface area contributed by atoms with Gasteiger partial charge >= 0.3 is 0 Å². The molecule has 20 heavy (non-hydrogen) atoms. The lowest BCUT2D eigenvalue weighted by atomic mass is 10.1. The largest absolute Gasteiger partial charge is 0.365 e. The molecule has 2 N–H and O–H groups in total. The predicted octanol–water partition coefficient (Wildman–Crippen LogP) is 1.65. The van der Waals surface area contributed by atoms with Crippen molar-refractivity contribution in [2.45, 2.75) is 32.4 Å². The molecule has 1 fully saturated rings. The van der Waals surface area contributed by atoms with Crippen LogP contribution >= 0.6 is 0 Å². The molecule has 4 nitrogen and oxygen atoms in total. The van der Waals surface area contributed by atoms with Crippen LogP contribution in [0, 0.1) is 5.82 Å². The van der Waals surface area contributed by atoms with E-state index in [0.29, 0.717) is 19.1 Å². The van der Waals surface area contributed by atoms with Crippen molar-refractivity contribution in [1.29, 1.82) is 0 Å². The van der Waals surface area contributed by atoms with Crippen molar-refractivity contribution in [2.24, 2.45) is 0 Å². The van der Waals surface area contributed by atoms with Crippen molar-refractivity contribution in [3.05, 3.63) is 29.6 Å². The zero-order valence-corrected chi connectivity index (χ0v) is 12.1. The van der Waals surface area contributed by atoms with Gasteiger partial charge in [0.1, 0.15) is 5.82 Å². The molecular formula is C15H22FN3O. The zero-order valence-electron chi connectivity index (χ0n) is 12.1. The van der Waals surface area contributed by atoms with Crippen LogP contribution in [0.5, 0.6) is 0 Å². The Morgan fingerprint density at radius 1 is 1.45 bits per heavy atom. The molecule has 1 amide bonds. The molecule has 1 aliphatic carbocycles. The fraction of sp³-hybridized carbons (Fsp3) is 0.533. The molecule has 5 heteroatoms. The maximum atomic E-state index is 13.4. The maximum Gasteiger partial charge on any atom is 0.239 e. The van der Waals surface area contributed by atoms with Gasteiger partial charge in [-0.2, -0.15) is 0 Å². The van der Waals surface area contributed by atoms with Crippen LogP contribution in [0.25, 0.3) is 0 Å². The van der Waals surface area contributed by atoms with Crippen LogP contribution < -0.4 is 15.5 Å². The number of nitrogens with one attached hydrogen (secondary N) is 2. The summed E-state index contributed by atoms with van der Waals surface area (Å²) in [5, 5.41) is 6.15. The Labute approximate surface area is 119 Å². The molecule has 0 aliphatic heterocycles. The number of halogens is 1. The standard InChI is InChI=1S/C15H22FN3O/c1-3-17-9-11-8-12(16)4-7-14(11)19(2)10-15(20)18-13-5-6-13/h4,7-8,13,17H,3,5-6,9-10H2,1-2H3,(H,18,20). The van der Waals surface area contributed by atoms with Crippen molar-refractivity contribution in [2.75, 3.05) is 25.0 Å². The number of likely N-dealkylation sites (N-methyl/N-ethyl adjacent to an activating group) is 1. The summed E-state index contributed by atoms with van der Waals surface area (Å²) in [7, 11) is 1.86. The molecule has 0 atom stereocenters. The van der Waals surface area contributed by atoms with Crippen LogP contribution in [0.1, 0.15) is 25.3 Å². The molecule has 0 saturated heterocycles. The van der Waals surface area contributed by atoms with Gasteiger partial charge in [0, 0.05) is 25.3 Å². The highest BCUT2D eigenvalue weighted by molar-refractivity contribution is 5.82. The van der Waals surface area contributed by atoms with E-state index in [4.69, 9.17) is 0 Å². The first-order chi connectivity index (χ1) is 9.60. The number of benzene rings is 1. The van der Waals surface area contributed by atoms with Gasteiger partial charge in [0.25, 0.3) is 0 Å². The van der Waals surface area contributed by atoms with Gasteiger partial charge in [0.05, 0.1) is 6.54 Å². The number of carbonyl (C=O) groups excluding carboxylic acids is 1. The highest BCUT2D eigenvalue weighted by Gasteiger charge is 2.23. The third kappa shape index (κ3) is 4.20. The minimum absolute atomic E-state index is 0.0220. The van der Waals surface area contributed by atoms with Crippen LogP contribution in [0.4, 0.5) is 10.1 Å². The van der Waals surface area contributed by atoms with Gasteiger partial charge in [-0.15, -0.1) is 0 Å². The van der Waals surface area contributed by atoms with Crippen molar-refractivity contribution >= 4 is 11.6 Å². The Morgan fingerprint density at radius 2 is 2.20 bits per heavy atom. The second-order valence-electron chi connectivity index (χ2n) is 5.25. The average Bonchev–Trinajstić information content (AvgIpc) is 3.19. The van der Waals surface area contributed by atoms with Gasteiger partial charge in [-0.1, -0.05) is 6.92 Å². The summed E-state index contributed by atoms with van der Waals surface area (Å²) < 4.78 is 13.4. The van der Waals surface area contributed by atoms with Crippen molar-refractivity contribution in [3.8, 4) is 0 Å². The maximum absolute atomic E-state index is 13.4. The molecule has 1 saturated carbocycles. The monoisotopic (exact) mass is 279 g/mol. The Hall–Kier alpha value is -1.62. The first-order valence-corrected chi connectivity index (χ1v) is 7.09. The van der Waals surface area contributed by atoms with E-state index in [9.17, 15) is 9.18 Å². The molecule has 0 aromatic heterocycles. The molecule has 0 spiro atoms. The first kappa shape index (κ1) is 14.8. The van der Waals surface area contributed by atoms with E-state index in [1.54, 1.807) is 6.07 Å². The lowest BCUT2D eigenvalue weighted by Gasteiger charge is -2.22. The van der Waals surface area contributed by atoms with E-state index in [1.165, 1.54) is 12.1 Å². The van der Waals surface area contributed by atoms with E-state index < -0.39 is 0 Å². The van der Waals surface area contributed by atoms with E-state index in [2.05, 4.69) is 10.6 Å². The Kier molecular flexibility index (Phi) is 4.95. The molecule has 0 heterocycles. The van der Waals surface area contributed by atoms with Gasteiger partial charge in [0.2, 0.25) is 5.91 Å². The zero-order chi connectivity index (χ0) is 14.5. The summed E-state index contributed by atoms with van der Waals surface area (Å²) in [5.41, 5.74) is 1.76. The number of carbonyl (C=O) groups is 1. The summed E-state index contributed by atoms with van der Waals surface area (Å²) in [5.74, 6) is -0.230. The van der Waals surface area contributed by atoms with Crippen molar-refractivity contribution in [1.82, 2.24) is 10.6 Å². The first-order valence-electron chi connectivity index (χ1n) is 7.09. The average molecular weight is 279 g/mol. The van der Waals surface area contributed by atoms with Gasteiger partial charge in [-0.05, 0) is 43.1 Å². The lowest BCUT2D eigenvalue weighted by molar-refractivity contribution is -0.119. The molecule has 0 radical (unpaired) electrons. The number of anilines is 1. The van der Waals surface area contributed by atoms with Gasteiger partial charge in [-0.3, -0.25) is 4.79 Å². The minimum Gasteiger partial charge on any atom is -0.365 e. The SMILES string of the molecule is CCNCc1cc(F)ccc1N(C)CC(=O)NC1CC1. The number of amides is 1. The highest BCUT2D eigenvalue weighted by atomic mass is 19.1. The van der Waals surface area contributed by atoms with Crippen LogP contribution in [-0.4, -0.2) is 32.1 Å². The normalized spacial score (nSPS) is 14.2. The third-order valence-electron chi connectivity index (χ3n) is 3.34. The van der Waals surface area contributed by atoms with Gasteiger partial charge < -0.3 is 15.5 Å². The molecule has 2 rings (SSSR count). The number of nitrogens with zero attached hydrogens (tertiary/aromatic N) is 1. The van der Waals surface area contributed by atoms with Crippen LogP contribution in [-0.2, 0) is 11.3 Å². The van der Waals surface area contributed by atoms with E-state index in [1.807, 2.05) is 18.9 Å². The fourth-order valence-corrected chi connectivity index (χ4v) is 2.13. The third-order valence-corrected chi connectivity index (χ3v) is 3.34. The summed E-state index contributed by atoms with van der Waals surface area (Å²) >= 11 is 0. The second kappa shape index (κ2) is 6.70. The lowest BCUT2D eigenvalue weighted by Crippen LogP contribution is -2.36. The summed E-state index contributed by atoms with van der Waals surface area (Å²) in [6, 6.07) is 5.05. The highest BCUT2D eigenvalue weighted by Crippen LogP contribution is 2.21. The van der Waals surface area contributed by atoms with Crippen LogP contribution in [0.3, 0.4) is 0 Å². The topological polar surface area (TPSA) is 44.4 Å². The predicted molar refractivity (Wildman–Crippen MR) is 78.2 cm³/mol. The minimum atomic E-state index is -0.252. The Bertz CT molecular complexity index is 474. The van der Waals surface area contributed by atoms with Gasteiger partial charge in [-0.25, -0.2) is 4.39 Å². The molecule has 1 aromatic carbocycles. The molecule has 110 valence electrons. The van der Waals surface area contributed by atoms with Gasteiger partial charge in [0.15, 0.2) is 0 Å². The molecule has 0 bridgehead atoms. The van der Waals surface area contributed by atoms with Crippen LogP contribution in [0.15, 0.2) is 18.2 Å². The molecule has 1 aliphatic rings. The van der Waals surface area contributed by atoms with E-state index in [-0.39, 0.29) is 11.7 Å². The second-order valence-corrected chi connectivity index (χ2v) is 5.25. The molecule has 1 aromatic rings. The quantitative estimate of drug-likeness (QED) is 0.797. The number of rotatable bonds is 7. The summed E-state index contributed by atoms with van der Waals surface area (Å²) in [4.78, 5) is 13.7. The summed E-state index contributed by atoms with van der Waals surface area (Å²) in [6.45, 7) is 3.72. The molecular weight excluding hydrogens is 257 g/mol. The fourth-order valence-electron chi connectivity index (χ4n) is 2.13. The summed E-state index contributed by atoms with van der Waals surface area (Å²) in [6.07, 6.45) is 2.16. The number of hydrogen-bond acceptors (Lipinski definition) is 3. The number of hydrogen-bond donors (Lipinski definition) is 2. The van der Waals surface area contributed by atoms with E-state index in [0.717, 1.165) is 30.6 Å². The molecule has 0 unspecified atom stereocenters. The Balaban J connectivity index is 2.02. The van der Waals surface area contributed by atoms with Crippen molar-refractivity contribution < 1.29 is 9.18 Å². The smallest absolute Gasteiger partial charge is 0.239 e. The van der Waals surface area contributed by atoms with Crippen LogP contribution in [0.2, 0.25) is 0 Å².